The average Bonchev–Trinajstić information content (AvgIpc) is 2.93. The summed E-state index contributed by atoms with van der Waals surface area (Å²) in [7, 11) is 0. The van der Waals surface area contributed by atoms with E-state index in [1.54, 1.807) is 27.9 Å². The Bertz CT molecular complexity index is 723. The third-order valence-corrected chi connectivity index (χ3v) is 11.3. The van der Waals surface area contributed by atoms with Crippen LogP contribution in [0, 0.1) is 5.41 Å². The molecule has 1 aromatic carbocycles. The Hall–Kier alpha value is -0.0969. The van der Waals surface area contributed by atoms with Crippen molar-refractivity contribution in [3.05, 3.63) is 61.0 Å². The molecule has 0 saturated heterocycles. The fourth-order valence-corrected chi connectivity index (χ4v) is 9.13. The molecule has 3 heteroatoms. The molecule has 0 spiro atoms. The van der Waals surface area contributed by atoms with Crippen molar-refractivity contribution in [2.45, 2.75) is 51.6 Å². The Balaban J connectivity index is 0.00000144. The molecule has 0 aromatic heterocycles. The van der Waals surface area contributed by atoms with Gasteiger partial charge in [-0.15, -0.1) is 0 Å². The fraction of sp³-hybridized carbons (Fsp3) is 0.429. The Morgan fingerprint density at radius 1 is 1.00 bits per heavy atom. The van der Waals surface area contributed by atoms with E-state index in [2.05, 4.69) is 71.9 Å². The van der Waals surface area contributed by atoms with E-state index in [0.717, 1.165) is 3.63 Å². The molecule has 0 nitrogen and oxygen atoms in total. The van der Waals surface area contributed by atoms with Gasteiger partial charge in [-0.3, -0.25) is 0 Å². The van der Waals surface area contributed by atoms with Gasteiger partial charge >= 0.3 is 147 Å². The SMILES string of the molecule is CCC1=Cc2ccccc2[CH]1[Zr+2][C]1=C(C)C(C)=C(C)C1(C)C.[Cl-].[Cl-]. The summed E-state index contributed by atoms with van der Waals surface area (Å²) < 4.78 is 2.56. The van der Waals surface area contributed by atoms with Crippen LogP contribution in [0.2, 0.25) is 0 Å². The van der Waals surface area contributed by atoms with Crippen molar-refractivity contribution in [2.75, 3.05) is 0 Å². The van der Waals surface area contributed by atoms with Gasteiger partial charge < -0.3 is 24.8 Å². The second-order valence-corrected chi connectivity index (χ2v) is 10.5. The normalized spacial score (nSPS) is 20.9. The topological polar surface area (TPSA) is 0 Å². The van der Waals surface area contributed by atoms with Crippen molar-refractivity contribution < 1.29 is 48.0 Å². The molecule has 3 rings (SSSR count). The first-order valence-electron chi connectivity index (χ1n) is 8.33. The van der Waals surface area contributed by atoms with E-state index in [1.807, 2.05) is 3.28 Å². The van der Waals surface area contributed by atoms with Crippen LogP contribution in [-0.2, 0) is 23.2 Å². The van der Waals surface area contributed by atoms with Crippen molar-refractivity contribution in [1.82, 2.24) is 0 Å². The molecular formula is C21H26Cl2Zr. The summed E-state index contributed by atoms with van der Waals surface area (Å²) in [6.07, 6.45) is 3.66. The van der Waals surface area contributed by atoms with Crippen molar-refractivity contribution in [1.29, 1.82) is 0 Å². The summed E-state index contributed by atoms with van der Waals surface area (Å²) in [4.78, 5) is 0. The quantitative estimate of drug-likeness (QED) is 0.634. The van der Waals surface area contributed by atoms with Crippen LogP contribution in [0.3, 0.4) is 0 Å². The van der Waals surface area contributed by atoms with Crippen molar-refractivity contribution >= 4 is 6.08 Å². The summed E-state index contributed by atoms with van der Waals surface area (Å²) in [5.74, 6) is 0. The zero-order chi connectivity index (χ0) is 16.1. The summed E-state index contributed by atoms with van der Waals surface area (Å²) in [5, 5.41) is 0. The number of fused-ring (bicyclic) bond motifs is 1. The minimum Gasteiger partial charge on any atom is -1.00 e. The zero-order valence-electron chi connectivity index (χ0n) is 15.4. The van der Waals surface area contributed by atoms with Gasteiger partial charge in [-0.2, -0.15) is 0 Å². The largest absolute Gasteiger partial charge is 1.00 e. The molecule has 0 bridgehead atoms. The van der Waals surface area contributed by atoms with E-state index in [0.29, 0.717) is 0 Å². The molecule has 128 valence electrons. The first-order chi connectivity index (χ1) is 10.4. The molecule has 24 heavy (non-hydrogen) atoms. The number of halogens is 2. The van der Waals surface area contributed by atoms with Crippen molar-refractivity contribution in [2.24, 2.45) is 5.41 Å². The third-order valence-electron chi connectivity index (χ3n) is 5.78. The van der Waals surface area contributed by atoms with E-state index >= 15 is 0 Å². The Morgan fingerprint density at radius 3 is 2.17 bits per heavy atom. The van der Waals surface area contributed by atoms with Gasteiger partial charge in [0.05, 0.1) is 0 Å². The molecule has 0 heterocycles. The standard InChI is InChI=1S/C11H11.C10H15.2ClH.Zr/c1-2-9-7-10-5-3-4-6-11(10)8-9;1-7-6-10(4,5)9(3)8(7)2;;;/h3-8H,2H2,1H3;1-5H3;2*1H;/q;;;;+2/p-2. The van der Waals surface area contributed by atoms with Gasteiger partial charge in [0.2, 0.25) is 0 Å². The molecule has 0 saturated carbocycles. The van der Waals surface area contributed by atoms with Crippen LogP contribution >= 0.6 is 0 Å². The second-order valence-electron chi connectivity index (χ2n) is 7.15. The first kappa shape index (κ1) is 21.9. The van der Waals surface area contributed by atoms with Gasteiger partial charge in [0, 0.05) is 0 Å². The molecule has 1 atom stereocenters. The van der Waals surface area contributed by atoms with Crippen LogP contribution < -0.4 is 24.8 Å². The van der Waals surface area contributed by atoms with Gasteiger partial charge in [-0.1, -0.05) is 0 Å². The maximum Gasteiger partial charge on any atom is -1.00 e. The number of benzene rings is 1. The number of rotatable bonds is 3. The number of hydrogen-bond donors (Lipinski definition) is 0. The molecule has 1 aromatic rings. The van der Waals surface area contributed by atoms with Crippen molar-refractivity contribution in [3.63, 3.8) is 0 Å². The van der Waals surface area contributed by atoms with Gasteiger partial charge in [-0.05, 0) is 0 Å². The Morgan fingerprint density at radius 2 is 1.62 bits per heavy atom. The van der Waals surface area contributed by atoms with Gasteiger partial charge in [-0.25, -0.2) is 0 Å². The molecule has 1 unspecified atom stereocenters. The first-order valence-corrected chi connectivity index (χ1v) is 11.0. The monoisotopic (exact) mass is 438 g/mol. The third kappa shape index (κ3) is 3.42. The zero-order valence-corrected chi connectivity index (χ0v) is 19.4. The van der Waals surface area contributed by atoms with E-state index in [4.69, 9.17) is 0 Å². The van der Waals surface area contributed by atoms with Crippen molar-refractivity contribution in [3.8, 4) is 0 Å². The molecule has 0 fully saturated rings. The predicted octanol–water partition coefficient (Wildman–Crippen LogP) is 0.275. The molecule has 0 amide bonds. The van der Waals surface area contributed by atoms with Gasteiger partial charge in [0.15, 0.2) is 0 Å². The maximum atomic E-state index is 2.46. The van der Waals surface area contributed by atoms with E-state index < -0.39 is 23.2 Å². The average molecular weight is 441 g/mol. The van der Waals surface area contributed by atoms with Gasteiger partial charge in [0.25, 0.3) is 0 Å². The van der Waals surface area contributed by atoms with Crippen LogP contribution in [0.15, 0.2) is 49.8 Å². The van der Waals surface area contributed by atoms with E-state index in [9.17, 15) is 0 Å². The van der Waals surface area contributed by atoms with E-state index in [1.165, 1.54) is 12.0 Å². The maximum absolute atomic E-state index is 2.46. The molecule has 2 aliphatic rings. The molecule has 0 radical (unpaired) electrons. The summed E-state index contributed by atoms with van der Waals surface area (Å²) in [6, 6.07) is 9.05. The van der Waals surface area contributed by atoms with Gasteiger partial charge in [0.1, 0.15) is 0 Å². The minimum atomic E-state index is -0.689. The summed E-state index contributed by atoms with van der Waals surface area (Å²) in [6.45, 7) is 14.2. The van der Waals surface area contributed by atoms with Crippen LogP contribution in [-0.4, -0.2) is 0 Å². The smallest absolute Gasteiger partial charge is 1.00 e. The van der Waals surface area contributed by atoms with Crippen LogP contribution in [0.25, 0.3) is 6.08 Å². The second kappa shape index (κ2) is 8.07. The summed E-state index contributed by atoms with van der Waals surface area (Å²) >= 11 is -0.689. The molecule has 0 N–H and O–H groups in total. The molecule has 2 aliphatic carbocycles. The van der Waals surface area contributed by atoms with Crippen LogP contribution in [0.5, 0.6) is 0 Å². The minimum absolute atomic E-state index is 0. The fourth-order valence-electron chi connectivity index (χ4n) is 3.89. The van der Waals surface area contributed by atoms with Crippen LogP contribution in [0.4, 0.5) is 0 Å². The molecule has 0 aliphatic heterocycles. The van der Waals surface area contributed by atoms with E-state index in [-0.39, 0.29) is 30.2 Å². The molecular weight excluding hydrogens is 414 g/mol. The van der Waals surface area contributed by atoms with Crippen LogP contribution in [0.1, 0.15) is 62.7 Å². The summed E-state index contributed by atoms with van der Waals surface area (Å²) in [5.41, 5.74) is 9.78. The predicted molar refractivity (Wildman–Crippen MR) is 92.3 cm³/mol. The Kier molecular flexibility index (Phi) is 7.38. The number of allylic oxidation sites excluding steroid dienone is 5. The Labute approximate surface area is 171 Å². The number of hydrogen-bond acceptors (Lipinski definition) is 0.